The van der Waals surface area contributed by atoms with E-state index in [-0.39, 0.29) is 36.9 Å². The summed E-state index contributed by atoms with van der Waals surface area (Å²) < 4.78 is 66.6. The van der Waals surface area contributed by atoms with Crippen LogP contribution in [0, 0.1) is 5.82 Å². The Kier molecular flexibility index (Phi) is 8.71. The van der Waals surface area contributed by atoms with Gasteiger partial charge in [0.15, 0.2) is 27.3 Å². The highest BCUT2D eigenvalue weighted by Crippen LogP contribution is 2.38. The molecule has 5 rings (SSSR count). The molecule has 3 atom stereocenters. The Balaban J connectivity index is 1.52. The van der Waals surface area contributed by atoms with Crippen molar-refractivity contribution in [2.45, 2.75) is 62.4 Å². The first-order valence-electron chi connectivity index (χ1n) is 13.6. The molecule has 0 saturated carbocycles. The molecular formula is C27H35FN6O6S. The van der Waals surface area contributed by atoms with Gasteiger partial charge >= 0.3 is 0 Å². The summed E-state index contributed by atoms with van der Waals surface area (Å²) in [6.07, 6.45) is 3.13. The normalized spacial score (nSPS) is 21.4. The Labute approximate surface area is 238 Å². The van der Waals surface area contributed by atoms with Crippen LogP contribution in [0.25, 0.3) is 5.69 Å². The molecule has 41 heavy (non-hydrogen) atoms. The van der Waals surface area contributed by atoms with Crippen LogP contribution in [0.1, 0.15) is 50.9 Å². The monoisotopic (exact) mass is 590 g/mol. The minimum Gasteiger partial charge on any atom is -0.494 e. The van der Waals surface area contributed by atoms with Gasteiger partial charge in [-0.15, -0.1) is 10.2 Å². The summed E-state index contributed by atoms with van der Waals surface area (Å²) in [6, 6.07) is 5.33. The molecule has 1 aromatic carbocycles. The minimum absolute atomic E-state index is 0.118. The maximum atomic E-state index is 14.1. The number of sulfone groups is 1. The van der Waals surface area contributed by atoms with Gasteiger partial charge in [-0.05, 0) is 45.2 Å². The summed E-state index contributed by atoms with van der Waals surface area (Å²) >= 11 is 0. The smallest absolute Gasteiger partial charge is 0.225 e. The lowest BCUT2D eigenvalue weighted by atomic mass is 10.1. The third-order valence-electron chi connectivity index (χ3n) is 7.16. The SMILES string of the molecule is COc1cccc(OC)c1-n1c(CS(=O)(=O)[C@@H]2C[C@@H](OC(C)C)CN(c3ncc(F)cn3)C2)nnc1[C@@H]1CCCO1. The lowest BCUT2D eigenvalue weighted by molar-refractivity contribution is 0.00143. The molecule has 2 saturated heterocycles. The molecule has 0 aliphatic carbocycles. The van der Waals surface area contributed by atoms with Gasteiger partial charge in [-0.1, -0.05) is 6.07 Å². The zero-order valence-corrected chi connectivity index (χ0v) is 24.4. The maximum Gasteiger partial charge on any atom is 0.225 e. The quantitative estimate of drug-likeness (QED) is 0.345. The summed E-state index contributed by atoms with van der Waals surface area (Å²) in [5, 5.41) is 7.93. The molecule has 14 heteroatoms. The van der Waals surface area contributed by atoms with E-state index in [1.165, 1.54) is 14.2 Å². The highest BCUT2D eigenvalue weighted by Gasteiger charge is 2.39. The summed E-state index contributed by atoms with van der Waals surface area (Å²) in [5.41, 5.74) is 0.504. The van der Waals surface area contributed by atoms with Gasteiger partial charge in [-0.2, -0.15) is 0 Å². The Morgan fingerprint density at radius 3 is 2.41 bits per heavy atom. The van der Waals surface area contributed by atoms with Crippen molar-refractivity contribution >= 4 is 15.8 Å². The molecule has 12 nitrogen and oxygen atoms in total. The zero-order valence-electron chi connectivity index (χ0n) is 23.6. The maximum absolute atomic E-state index is 14.1. The number of ether oxygens (including phenoxy) is 4. The van der Waals surface area contributed by atoms with Gasteiger partial charge in [-0.25, -0.2) is 22.8 Å². The second-order valence-corrected chi connectivity index (χ2v) is 12.7. The highest BCUT2D eigenvalue weighted by atomic mass is 32.2. The average Bonchev–Trinajstić information content (AvgIpc) is 3.62. The van der Waals surface area contributed by atoms with Crippen LogP contribution in [-0.4, -0.2) is 84.5 Å². The molecule has 4 heterocycles. The van der Waals surface area contributed by atoms with Crippen LogP contribution < -0.4 is 14.4 Å². The van der Waals surface area contributed by atoms with Crippen molar-refractivity contribution in [3.8, 4) is 17.2 Å². The summed E-state index contributed by atoms with van der Waals surface area (Å²) in [6.45, 7) is 4.87. The molecular weight excluding hydrogens is 555 g/mol. The van der Waals surface area contributed by atoms with Gasteiger partial charge in [0, 0.05) is 19.7 Å². The van der Waals surface area contributed by atoms with E-state index in [2.05, 4.69) is 20.2 Å². The van der Waals surface area contributed by atoms with Crippen molar-refractivity contribution in [3.63, 3.8) is 0 Å². The lowest BCUT2D eigenvalue weighted by Gasteiger charge is -2.38. The van der Waals surface area contributed by atoms with Crippen LogP contribution in [0.5, 0.6) is 11.5 Å². The van der Waals surface area contributed by atoms with Crippen LogP contribution in [0.2, 0.25) is 0 Å². The number of rotatable bonds is 10. The van der Waals surface area contributed by atoms with Crippen LogP contribution in [0.3, 0.4) is 0 Å². The number of aromatic nitrogens is 5. The predicted octanol–water partition coefficient (Wildman–Crippen LogP) is 3.05. The van der Waals surface area contributed by atoms with E-state index in [1.807, 2.05) is 13.8 Å². The third-order valence-corrected chi connectivity index (χ3v) is 9.18. The molecule has 2 aromatic heterocycles. The first-order valence-corrected chi connectivity index (χ1v) is 15.3. The van der Waals surface area contributed by atoms with Gasteiger partial charge in [-0.3, -0.25) is 4.57 Å². The van der Waals surface area contributed by atoms with Gasteiger partial charge in [0.05, 0.1) is 44.1 Å². The molecule has 0 unspecified atom stereocenters. The second kappa shape index (κ2) is 12.2. The number of piperidine rings is 1. The standard InChI is InChI=1S/C27H35FN6O6S/c1-17(2)40-19-11-20(15-33(14-19)27-29-12-18(28)13-30-27)41(35,36)16-24-31-32-26(23-9-6-10-39-23)34(24)25-21(37-3)7-5-8-22(25)38-4/h5,7-8,12-13,17,19-20,23H,6,9-11,14-16H2,1-4H3/t19-,20-,23+/m1/s1. The first kappa shape index (κ1) is 29.1. The van der Waals surface area contributed by atoms with Gasteiger partial charge in [0.25, 0.3) is 0 Å². The molecule has 0 amide bonds. The first-order chi connectivity index (χ1) is 19.7. The summed E-state index contributed by atoms with van der Waals surface area (Å²) in [5.74, 6) is 0.931. The van der Waals surface area contributed by atoms with Crippen molar-refractivity contribution in [1.82, 2.24) is 24.7 Å². The zero-order chi connectivity index (χ0) is 29.1. The van der Waals surface area contributed by atoms with E-state index in [9.17, 15) is 12.8 Å². The Bertz CT molecular complexity index is 1420. The van der Waals surface area contributed by atoms with Crippen molar-refractivity contribution in [3.05, 3.63) is 48.1 Å². The Morgan fingerprint density at radius 2 is 1.80 bits per heavy atom. The third kappa shape index (κ3) is 6.28. The van der Waals surface area contributed by atoms with E-state index in [1.54, 1.807) is 27.7 Å². The number of benzene rings is 1. The summed E-state index contributed by atoms with van der Waals surface area (Å²) in [4.78, 5) is 9.88. The number of hydrogen-bond acceptors (Lipinski definition) is 11. The predicted molar refractivity (Wildman–Crippen MR) is 148 cm³/mol. The molecule has 2 aliphatic rings. The highest BCUT2D eigenvalue weighted by molar-refractivity contribution is 7.91. The van der Waals surface area contributed by atoms with E-state index >= 15 is 0 Å². The Morgan fingerprint density at radius 1 is 1.10 bits per heavy atom. The molecule has 0 radical (unpaired) electrons. The van der Waals surface area contributed by atoms with Crippen molar-refractivity contribution in [2.75, 3.05) is 38.8 Å². The second-order valence-electron chi connectivity index (χ2n) is 10.4. The van der Waals surface area contributed by atoms with Gasteiger partial charge in [0.1, 0.15) is 29.0 Å². The minimum atomic E-state index is -3.83. The van der Waals surface area contributed by atoms with Crippen LogP contribution >= 0.6 is 0 Å². The van der Waals surface area contributed by atoms with Crippen LogP contribution in [-0.2, 0) is 25.1 Å². The largest absolute Gasteiger partial charge is 0.494 e. The van der Waals surface area contributed by atoms with E-state index in [0.29, 0.717) is 36.2 Å². The lowest BCUT2D eigenvalue weighted by Crippen LogP contribution is -2.51. The van der Waals surface area contributed by atoms with Crippen molar-refractivity contribution in [2.24, 2.45) is 0 Å². The average molecular weight is 591 g/mol. The van der Waals surface area contributed by atoms with Crippen LogP contribution in [0.4, 0.5) is 10.3 Å². The number of para-hydroxylation sites is 1. The fourth-order valence-electron chi connectivity index (χ4n) is 5.39. The van der Waals surface area contributed by atoms with Crippen LogP contribution in [0.15, 0.2) is 30.6 Å². The van der Waals surface area contributed by atoms with E-state index < -0.39 is 32.8 Å². The number of methoxy groups -OCH3 is 2. The molecule has 2 aliphatic heterocycles. The molecule has 2 fully saturated rings. The fraction of sp³-hybridized carbons (Fsp3) is 0.556. The Hall–Kier alpha value is -3.36. The number of anilines is 1. The fourth-order valence-corrected chi connectivity index (χ4v) is 7.09. The van der Waals surface area contributed by atoms with Crippen molar-refractivity contribution < 1.29 is 31.8 Å². The van der Waals surface area contributed by atoms with E-state index in [0.717, 1.165) is 25.2 Å². The number of nitrogens with zero attached hydrogens (tertiary/aromatic N) is 6. The van der Waals surface area contributed by atoms with Crippen molar-refractivity contribution in [1.29, 1.82) is 0 Å². The topological polar surface area (TPSA) is 131 Å². The molecule has 0 bridgehead atoms. The van der Waals surface area contributed by atoms with E-state index in [4.69, 9.17) is 18.9 Å². The number of halogens is 1. The molecule has 0 spiro atoms. The molecule has 0 N–H and O–H groups in total. The summed E-state index contributed by atoms with van der Waals surface area (Å²) in [7, 11) is -0.760. The molecule has 3 aromatic rings. The van der Waals surface area contributed by atoms with Gasteiger partial charge < -0.3 is 23.8 Å². The van der Waals surface area contributed by atoms with Gasteiger partial charge in [0.2, 0.25) is 5.95 Å². The number of hydrogen-bond donors (Lipinski definition) is 0. The molecule has 222 valence electrons.